The Morgan fingerprint density at radius 2 is 1.86 bits per heavy atom. The van der Waals surface area contributed by atoms with Crippen LogP contribution in [-0.4, -0.2) is 34.5 Å². The molecule has 0 aliphatic carbocycles. The van der Waals surface area contributed by atoms with E-state index in [9.17, 15) is 21.6 Å². The molecule has 0 bridgehead atoms. The molecule has 0 saturated carbocycles. The van der Waals surface area contributed by atoms with Crippen LogP contribution < -0.4 is 9.03 Å². The van der Waals surface area contributed by atoms with Gasteiger partial charge in [0.2, 0.25) is 26.0 Å². The maximum absolute atomic E-state index is 12.1. The van der Waals surface area contributed by atoms with Crippen LogP contribution in [0.4, 0.5) is 5.69 Å². The van der Waals surface area contributed by atoms with Gasteiger partial charge in [-0.2, -0.15) is 0 Å². The zero-order valence-electron chi connectivity index (χ0n) is 12.3. The van der Waals surface area contributed by atoms with E-state index in [4.69, 9.17) is 0 Å². The van der Waals surface area contributed by atoms with Crippen molar-refractivity contribution in [3.63, 3.8) is 0 Å². The molecule has 1 fully saturated rings. The van der Waals surface area contributed by atoms with Gasteiger partial charge in [-0.1, -0.05) is 6.92 Å². The zero-order valence-corrected chi connectivity index (χ0v) is 13.9. The minimum atomic E-state index is -3.66. The van der Waals surface area contributed by atoms with Crippen LogP contribution in [0, 0.1) is 0 Å². The topological polar surface area (TPSA) is 101 Å². The van der Waals surface area contributed by atoms with Crippen molar-refractivity contribution in [2.75, 3.05) is 10.1 Å². The van der Waals surface area contributed by atoms with Crippen LogP contribution in [0.5, 0.6) is 0 Å². The minimum absolute atomic E-state index is 0.0283. The molecule has 0 unspecified atom stereocenters. The molecule has 0 radical (unpaired) electrons. The maximum atomic E-state index is 12.1. The normalized spacial score (nSPS) is 19.4. The number of amides is 1. The molecule has 9 heteroatoms. The molecule has 1 aromatic carbocycles. The summed E-state index contributed by atoms with van der Waals surface area (Å²) >= 11 is 0. The summed E-state index contributed by atoms with van der Waals surface area (Å²) in [7, 11) is -7.30. The van der Waals surface area contributed by atoms with Gasteiger partial charge in [0.05, 0.1) is 16.3 Å². The average Bonchev–Trinajstić information content (AvgIpc) is 2.72. The number of hydrogen-bond donors (Lipinski definition) is 1. The molecule has 1 aromatic rings. The number of carbonyl (C=O) groups excluding carboxylic acids is 1. The first-order chi connectivity index (χ1) is 10.2. The molecule has 2 rings (SSSR count). The lowest BCUT2D eigenvalue weighted by Crippen LogP contribution is -2.32. The van der Waals surface area contributed by atoms with Crippen LogP contribution in [0.2, 0.25) is 0 Å². The van der Waals surface area contributed by atoms with E-state index in [0.717, 1.165) is 4.31 Å². The summed E-state index contributed by atoms with van der Waals surface area (Å²) in [4.78, 5) is 11.7. The van der Waals surface area contributed by atoms with Crippen LogP contribution in [0.1, 0.15) is 26.7 Å². The summed E-state index contributed by atoms with van der Waals surface area (Å²) in [6.45, 7) is 3.61. The number of anilines is 1. The first-order valence-corrected chi connectivity index (χ1v) is 9.95. The smallest absolute Gasteiger partial charge is 0.242 e. The van der Waals surface area contributed by atoms with Crippen LogP contribution in [0.25, 0.3) is 0 Å². The molecule has 1 amide bonds. The Kier molecular flexibility index (Phi) is 4.59. The highest BCUT2D eigenvalue weighted by Gasteiger charge is 2.36. The van der Waals surface area contributed by atoms with Gasteiger partial charge in [0.1, 0.15) is 0 Å². The van der Waals surface area contributed by atoms with Crippen molar-refractivity contribution in [1.29, 1.82) is 0 Å². The standard InChI is InChI=1S/C13H18N2O5S2/c1-3-10(2)14-22(19,20)12-6-4-11(5-7-12)15-13(16)8-9-21(15,17)18/h4-7,10,14H,3,8-9H2,1-2H3/t10-/m0/s1. The number of benzene rings is 1. The van der Waals surface area contributed by atoms with Gasteiger partial charge in [-0.25, -0.2) is 25.9 Å². The lowest BCUT2D eigenvalue weighted by Gasteiger charge is -2.16. The average molecular weight is 346 g/mol. The Labute approximate surface area is 130 Å². The van der Waals surface area contributed by atoms with E-state index in [0.29, 0.717) is 6.42 Å². The quantitative estimate of drug-likeness (QED) is 0.851. The Hall–Kier alpha value is -1.45. The molecule has 7 nitrogen and oxygen atoms in total. The summed E-state index contributed by atoms with van der Waals surface area (Å²) in [5.41, 5.74) is 0.157. The predicted molar refractivity (Wildman–Crippen MR) is 82.4 cm³/mol. The Morgan fingerprint density at radius 3 is 2.32 bits per heavy atom. The number of nitrogens with one attached hydrogen (secondary N) is 1. The third-order valence-corrected chi connectivity index (χ3v) is 6.73. The van der Waals surface area contributed by atoms with Crippen LogP contribution >= 0.6 is 0 Å². The highest BCUT2D eigenvalue weighted by atomic mass is 32.2. The molecule has 1 saturated heterocycles. The molecule has 0 aromatic heterocycles. The third-order valence-electron chi connectivity index (χ3n) is 3.43. The minimum Gasteiger partial charge on any atom is -0.273 e. The van der Waals surface area contributed by atoms with E-state index < -0.39 is 26.0 Å². The molecule has 0 spiro atoms. The summed E-state index contributed by atoms with van der Waals surface area (Å²) < 4.78 is 51.1. The molecule has 1 aliphatic rings. The van der Waals surface area contributed by atoms with Crippen molar-refractivity contribution in [2.24, 2.45) is 0 Å². The van der Waals surface area contributed by atoms with E-state index in [1.807, 2.05) is 6.92 Å². The van der Waals surface area contributed by atoms with E-state index in [1.165, 1.54) is 24.3 Å². The predicted octanol–water partition coefficient (Wildman–Crippen LogP) is 0.830. The van der Waals surface area contributed by atoms with Gasteiger partial charge >= 0.3 is 0 Å². The number of carbonyl (C=O) groups is 1. The second-order valence-electron chi connectivity index (χ2n) is 5.15. The highest BCUT2D eigenvalue weighted by molar-refractivity contribution is 7.94. The van der Waals surface area contributed by atoms with Crippen molar-refractivity contribution in [3.05, 3.63) is 24.3 Å². The second kappa shape index (κ2) is 5.98. The fourth-order valence-corrected chi connectivity index (χ4v) is 4.83. The first-order valence-electron chi connectivity index (χ1n) is 6.85. The molecule has 22 heavy (non-hydrogen) atoms. The van der Waals surface area contributed by atoms with Crippen molar-refractivity contribution < 1.29 is 21.6 Å². The van der Waals surface area contributed by atoms with E-state index in [-0.39, 0.29) is 28.8 Å². The molecule has 1 heterocycles. The fraction of sp³-hybridized carbons (Fsp3) is 0.462. The van der Waals surface area contributed by atoms with Gasteiger partial charge in [-0.15, -0.1) is 0 Å². The first kappa shape index (κ1) is 16.9. The van der Waals surface area contributed by atoms with Crippen LogP contribution in [0.15, 0.2) is 29.2 Å². The number of sulfonamides is 2. The van der Waals surface area contributed by atoms with E-state index in [1.54, 1.807) is 6.92 Å². The van der Waals surface area contributed by atoms with Gasteiger partial charge in [0, 0.05) is 12.5 Å². The number of nitrogens with zero attached hydrogens (tertiary/aromatic N) is 1. The van der Waals surface area contributed by atoms with Crippen molar-refractivity contribution >= 4 is 31.6 Å². The maximum Gasteiger partial charge on any atom is 0.242 e. The number of rotatable bonds is 5. The van der Waals surface area contributed by atoms with Gasteiger partial charge in [-0.3, -0.25) is 4.79 Å². The van der Waals surface area contributed by atoms with Gasteiger partial charge in [-0.05, 0) is 37.6 Å². The van der Waals surface area contributed by atoms with Gasteiger partial charge in [0.15, 0.2) is 0 Å². The zero-order chi connectivity index (χ0) is 16.5. The SMILES string of the molecule is CC[C@H](C)NS(=O)(=O)c1ccc(N2C(=O)CCS2(=O)=O)cc1. The number of hydrogen-bond acceptors (Lipinski definition) is 5. The summed E-state index contributed by atoms with van der Waals surface area (Å²) in [6, 6.07) is 5.03. The van der Waals surface area contributed by atoms with Crippen molar-refractivity contribution in [2.45, 2.75) is 37.6 Å². The summed E-state index contributed by atoms with van der Waals surface area (Å²) in [5, 5.41) is 0. The van der Waals surface area contributed by atoms with Crippen molar-refractivity contribution in [3.8, 4) is 0 Å². The molecule has 1 N–H and O–H groups in total. The largest absolute Gasteiger partial charge is 0.273 e. The Balaban J connectivity index is 2.30. The van der Waals surface area contributed by atoms with Crippen LogP contribution in [0.3, 0.4) is 0 Å². The molecule has 1 atom stereocenters. The lowest BCUT2D eigenvalue weighted by molar-refractivity contribution is -0.116. The Bertz CT molecular complexity index is 769. The van der Waals surface area contributed by atoms with Gasteiger partial charge in [0.25, 0.3) is 0 Å². The summed E-state index contributed by atoms with van der Waals surface area (Å²) in [6.07, 6.45) is 0.593. The Morgan fingerprint density at radius 1 is 1.27 bits per heavy atom. The second-order valence-corrected chi connectivity index (χ2v) is 8.80. The van der Waals surface area contributed by atoms with E-state index >= 15 is 0 Å². The monoisotopic (exact) mass is 346 g/mol. The molecule has 122 valence electrons. The highest BCUT2D eigenvalue weighted by Crippen LogP contribution is 2.26. The molecular weight excluding hydrogens is 328 g/mol. The van der Waals surface area contributed by atoms with Gasteiger partial charge < -0.3 is 0 Å². The van der Waals surface area contributed by atoms with Crippen LogP contribution in [-0.2, 0) is 24.8 Å². The lowest BCUT2D eigenvalue weighted by atomic mass is 10.3. The third kappa shape index (κ3) is 3.31. The molecule has 1 aliphatic heterocycles. The fourth-order valence-electron chi connectivity index (χ4n) is 2.05. The van der Waals surface area contributed by atoms with E-state index in [2.05, 4.69) is 4.72 Å². The summed E-state index contributed by atoms with van der Waals surface area (Å²) in [5.74, 6) is -0.727. The molecular formula is C13H18N2O5S2. The van der Waals surface area contributed by atoms with Crippen molar-refractivity contribution in [1.82, 2.24) is 4.72 Å².